The van der Waals surface area contributed by atoms with Gasteiger partial charge in [0.05, 0.1) is 17.8 Å². The standard InChI is InChI=1S/C23H28N4O3/c1-18(28)27-15-13-26(14-16-27)17-22(29)25-21-10-6-5-9-20(21)23(30)24-12-11-19-7-3-2-4-8-19/h2-10H,11-17H2,1H3,(H,24,30)(H,25,29). The Balaban J connectivity index is 1.51. The van der Waals surface area contributed by atoms with E-state index in [1.807, 2.05) is 35.2 Å². The predicted octanol–water partition coefficient (Wildman–Crippen LogP) is 1.76. The maximum Gasteiger partial charge on any atom is 0.253 e. The zero-order chi connectivity index (χ0) is 21.3. The summed E-state index contributed by atoms with van der Waals surface area (Å²) in [5, 5.41) is 5.78. The second-order valence-corrected chi connectivity index (χ2v) is 7.37. The van der Waals surface area contributed by atoms with Crippen molar-refractivity contribution in [2.24, 2.45) is 0 Å². The van der Waals surface area contributed by atoms with Crippen molar-refractivity contribution in [2.45, 2.75) is 13.3 Å². The summed E-state index contributed by atoms with van der Waals surface area (Å²) in [6.07, 6.45) is 0.743. The quantitative estimate of drug-likeness (QED) is 0.732. The van der Waals surface area contributed by atoms with Crippen molar-refractivity contribution < 1.29 is 14.4 Å². The van der Waals surface area contributed by atoms with E-state index < -0.39 is 0 Å². The third kappa shape index (κ3) is 6.15. The van der Waals surface area contributed by atoms with E-state index in [1.54, 1.807) is 36.1 Å². The molecule has 158 valence electrons. The monoisotopic (exact) mass is 408 g/mol. The van der Waals surface area contributed by atoms with Gasteiger partial charge in [-0.15, -0.1) is 0 Å². The summed E-state index contributed by atoms with van der Waals surface area (Å²) in [7, 11) is 0. The molecule has 7 nitrogen and oxygen atoms in total. The number of rotatable bonds is 7. The van der Waals surface area contributed by atoms with Crippen LogP contribution in [0.1, 0.15) is 22.8 Å². The van der Waals surface area contributed by atoms with Crippen LogP contribution in [0.3, 0.4) is 0 Å². The average molecular weight is 409 g/mol. The van der Waals surface area contributed by atoms with Gasteiger partial charge in [-0.25, -0.2) is 0 Å². The van der Waals surface area contributed by atoms with Gasteiger partial charge in [-0.1, -0.05) is 42.5 Å². The topological polar surface area (TPSA) is 81.8 Å². The van der Waals surface area contributed by atoms with Gasteiger partial charge < -0.3 is 15.5 Å². The van der Waals surface area contributed by atoms with Crippen molar-refractivity contribution in [3.8, 4) is 0 Å². The van der Waals surface area contributed by atoms with Crippen LogP contribution in [0.2, 0.25) is 0 Å². The fourth-order valence-electron chi connectivity index (χ4n) is 3.46. The second-order valence-electron chi connectivity index (χ2n) is 7.37. The molecule has 30 heavy (non-hydrogen) atoms. The van der Waals surface area contributed by atoms with E-state index in [0.717, 1.165) is 12.0 Å². The lowest BCUT2D eigenvalue weighted by Gasteiger charge is -2.33. The Kier molecular flexibility index (Phi) is 7.57. The van der Waals surface area contributed by atoms with E-state index in [-0.39, 0.29) is 24.3 Å². The van der Waals surface area contributed by atoms with Crippen molar-refractivity contribution >= 4 is 23.4 Å². The van der Waals surface area contributed by atoms with Crippen LogP contribution in [-0.4, -0.2) is 66.8 Å². The van der Waals surface area contributed by atoms with Crippen LogP contribution in [0.15, 0.2) is 54.6 Å². The Morgan fingerprint density at radius 3 is 2.27 bits per heavy atom. The molecule has 3 rings (SSSR count). The molecule has 2 aromatic carbocycles. The number of hydrogen-bond donors (Lipinski definition) is 2. The smallest absolute Gasteiger partial charge is 0.253 e. The first-order valence-corrected chi connectivity index (χ1v) is 10.2. The molecular formula is C23H28N4O3. The average Bonchev–Trinajstić information content (AvgIpc) is 2.75. The van der Waals surface area contributed by atoms with Gasteiger partial charge in [-0.2, -0.15) is 0 Å². The molecule has 1 aliphatic heterocycles. The number of benzene rings is 2. The van der Waals surface area contributed by atoms with E-state index in [2.05, 4.69) is 10.6 Å². The lowest BCUT2D eigenvalue weighted by atomic mass is 10.1. The van der Waals surface area contributed by atoms with Gasteiger partial charge >= 0.3 is 0 Å². The van der Waals surface area contributed by atoms with Gasteiger partial charge in [0.25, 0.3) is 5.91 Å². The molecule has 3 amide bonds. The molecule has 2 aromatic rings. The Morgan fingerprint density at radius 2 is 1.57 bits per heavy atom. The number of carbonyl (C=O) groups is 3. The summed E-state index contributed by atoms with van der Waals surface area (Å²) in [5.41, 5.74) is 2.10. The number of anilines is 1. The highest BCUT2D eigenvalue weighted by Gasteiger charge is 2.21. The number of nitrogens with one attached hydrogen (secondary N) is 2. The zero-order valence-corrected chi connectivity index (χ0v) is 17.3. The lowest BCUT2D eigenvalue weighted by Crippen LogP contribution is -2.49. The van der Waals surface area contributed by atoms with E-state index >= 15 is 0 Å². The Labute approximate surface area is 177 Å². The van der Waals surface area contributed by atoms with Gasteiger partial charge in [0.1, 0.15) is 0 Å². The van der Waals surface area contributed by atoms with Crippen LogP contribution in [0.5, 0.6) is 0 Å². The van der Waals surface area contributed by atoms with Crippen molar-refractivity contribution in [1.82, 2.24) is 15.1 Å². The first-order valence-electron chi connectivity index (χ1n) is 10.2. The van der Waals surface area contributed by atoms with E-state index in [9.17, 15) is 14.4 Å². The third-order valence-corrected chi connectivity index (χ3v) is 5.17. The van der Waals surface area contributed by atoms with Gasteiger partial charge in [-0.05, 0) is 24.1 Å². The number of para-hydroxylation sites is 1. The highest BCUT2D eigenvalue weighted by Crippen LogP contribution is 2.15. The molecule has 1 saturated heterocycles. The van der Waals surface area contributed by atoms with Crippen LogP contribution in [-0.2, 0) is 16.0 Å². The van der Waals surface area contributed by atoms with Crippen molar-refractivity contribution in [3.05, 3.63) is 65.7 Å². The summed E-state index contributed by atoms with van der Waals surface area (Å²) in [4.78, 5) is 40.3. The molecule has 1 aliphatic rings. The highest BCUT2D eigenvalue weighted by atomic mass is 16.2. The normalized spacial score (nSPS) is 14.2. The van der Waals surface area contributed by atoms with E-state index in [0.29, 0.717) is 44.0 Å². The summed E-state index contributed by atoms with van der Waals surface area (Å²) < 4.78 is 0. The largest absolute Gasteiger partial charge is 0.352 e. The number of carbonyl (C=O) groups excluding carboxylic acids is 3. The van der Waals surface area contributed by atoms with Gasteiger partial charge in [0.2, 0.25) is 11.8 Å². The maximum atomic E-state index is 12.6. The minimum Gasteiger partial charge on any atom is -0.352 e. The van der Waals surface area contributed by atoms with Crippen LogP contribution in [0.25, 0.3) is 0 Å². The number of hydrogen-bond acceptors (Lipinski definition) is 4. The van der Waals surface area contributed by atoms with Gasteiger partial charge in [0, 0.05) is 39.6 Å². The minimum atomic E-state index is -0.211. The molecule has 0 radical (unpaired) electrons. The summed E-state index contributed by atoms with van der Waals surface area (Å²) in [5.74, 6) is -0.320. The summed E-state index contributed by atoms with van der Waals surface area (Å²) in [6.45, 7) is 4.89. The molecule has 7 heteroatoms. The molecule has 2 N–H and O–H groups in total. The van der Waals surface area contributed by atoms with Crippen LogP contribution in [0.4, 0.5) is 5.69 Å². The molecule has 1 fully saturated rings. The fraction of sp³-hybridized carbons (Fsp3) is 0.348. The summed E-state index contributed by atoms with van der Waals surface area (Å²) in [6, 6.07) is 17.0. The molecule has 0 spiro atoms. The SMILES string of the molecule is CC(=O)N1CCN(CC(=O)Nc2ccccc2C(=O)NCCc2ccccc2)CC1. The number of piperazine rings is 1. The number of nitrogens with zero attached hydrogens (tertiary/aromatic N) is 2. The van der Waals surface area contributed by atoms with E-state index in [1.165, 1.54) is 0 Å². The summed E-state index contributed by atoms with van der Waals surface area (Å²) >= 11 is 0. The molecule has 0 aliphatic carbocycles. The molecule has 0 atom stereocenters. The molecule has 1 heterocycles. The molecular weight excluding hydrogens is 380 g/mol. The predicted molar refractivity (Wildman–Crippen MR) is 116 cm³/mol. The van der Waals surface area contributed by atoms with Crippen LogP contribution >= 0.6 is 0 Å². The van der Waals surface area contributed by atoms with Crippen LogP contribution < -0.4 is 10.6 Å². The first kappa shape index (κ1) is 21.5. The minimum absolute atomic E-state index is 0.0614. The first-order chi connectivity index (χ1) is 14.5. The Hall–Kier alpha value is -3.19. The second kappa shape index (κ2) is 10.5. The van der Waals surface area contributed by atoms with Gasteiger partial charge in [0.15, 0.2) is 0 Å². The molecule has 0 saturated carbocycles. The van der Waals surface area contributed by atoms with Crippen LogP contribution in [0, 0.1) is 0 Å². The Bertz CT molecular complexity index is 877. The van der Waals surface area contributed by atoms with Crippen molar-refractivity contribution in [3.63, 3.8) is 0 Å². The Morgan fingerprint density at radius 1 is 0.900 bits per heavy atom. The van der Waals surface area contributed by atoms with Gasteiger partial charge in [-0.3, -0.25) is 19.3 Å². The molecule has 0 bridgehead atoms. The fourth-order valence-corrected chi connectivity index (χ4v) is 3.46. The highest BCUT2D eigenvalue weighted by molar-refractivity contribution is 6.04. The lowest BCUT2D eigenvalue weighted by molar-refractivity contribution is -0.130. The van der Waals surface area contributed by atoms with Crippen molar-refractivity contribution in [2.75, 3.05) is 44.6 Å². The van der Waals surface area contributed by atoms with Crippen molar-refractivity contribution in [1.29, 1.82) is 0 Å². The maximum absolute atomic E-state index is 12.6. The molecule has 0 unspecified atom stereocenters. The van der Waals surface area contributed by atoms with E-state index in [4.69, 9.17) is 0 Å². The zero-order valence-electron chi connectivity index (χ0n) is 17.3. The molecule has 0 aromatic heterocycles. The number of amides is 3. The third-order valence-electron chi connectivity index (χ3n) is 5.17.